The van der Waals surface area contributed by atoms with Crippen molar-refractivity contribution in [3.8, 4) is 0 Å². The number of benzene rings is 1. The summed E-state index contributed by atoms with van der Waals surface area (Å²) in [4.78, 5) is 17.3. The zero-order valence-electron chi connectivity index (χ0n) is 15.3. The molecule has 1 saturated heterocycles. The summed E-state index contributed by atoms with van der Waals surface area (Å²) in [6.45, 7) is 5.96. The molecule has 1 aromatic carbocycles. The average Bonchev–Trinajstić information content (AvgIpc) is 2.66. The molecule has 1 heterocycles. The second-order valence-electron chi connectivity index (χ2n) is 6.40. The van der Waals surface area contributed by atoms with E-state index in [1.165, 1.54) is 0 Å². The summed E-state index contributed by atoms with van der Waals surface area (Å²) in [5.74, 6) is 1.44. The van der Waals surface area contributed by atoms with Gasteiger partial charge in [0, 0.05) is 42.1 Å². The third kappa shape index (κ3) is 6.91. The summed E-state index contributed by atoms with van der Waals surface area (Å²) in [7, 11) is 1.92. The summed E-state index contributed by atoms with van der Waals surface area (Å²) in [5, 5.41) is 7.08. The minimum atomic E-state index is 0.116. The molecule has 0 aliphatic carbocycles. The zero-order valence-corrected chi connectivity index (χ0v) is 16.9. The smallest absolute Gasteiger partial charge is 0.220 e. The van der Waals surface area contributed by atoms with Crippen LogP contribution in [0.1, 0.15) is 25.7 Å². The minimum Gasteiger partial charge on any atom is -0.381 e. The maximum absolute atomic E-state index is 12.3. The number of aliphatic imine (C=N–C) groups is 1. The lowest BCUT2D eigenvalue weighted by molar-refractivity contribution is -0.122. The van der Waals surface area contributed by atoms with Crippen molar-refractivity contribution in [3.63, 3.8) is 0 Å². The fourth-order valence-corrected chi connectivity index (χ4v) is 4.34. The lowest BCUT2D eigenvalue weighted by Crippen LogP contribution is -2.47. The summed E-state index contributed by atoms with van der Waals surface area (Å²) in [6, 6.07) is 5.74. The van der Waals surface area contributed by atoms with Gasteiger partial charge >= 0.3 is 0 Å². The summed E-state index contributed by atoms with van der Waals surface area (Å²) >= 11 is 7.70. The molecule has 5 nitrogen and oxygen atoms in total. The van der Waals surface area contributed by atoms with Gasteiger partial charge in [-0.3, -0.25) is 9.79 Å². The van der Waals surface area contributed by atoms with Crippen molar-refractivity contribution in [2.45, 2.75) is 36.6 Å². The lowest BCUT2D eigenvalue weighted by Gasteiger charge is -2.31. The van der Waals surface area contributed by atoms with E-state index < -0.39 is 0 Å². The Hall–Kier alpha value is -1.08. The molecule has 26 heavy (non-hydrogen) atoms. The number of amides is 1. The second kappa shape index (κ2) is 11.6. The number of halogens is 1. The molecule has 7 heteroatoms. The molecule has 2 N–H and O–H groups in total. The van der Waals surface area contributed by atoms with Crippen molar-refractivity contribution in [2.75, 3.05) is 32.6 Å². The number of thioether (sulfide) groups is 1. The van der Waals surface area contributed by atoms with E-state index in [1.54, 1.807) is 17.8 Å². The third-order valence-electron chi connectivity index (χ3n) is 4.50. The fourth-order valence-electron chi connectivity index (χ4n) is 3.10. The molecular weight excluding hydrogens is 370 g/mol. The van der Waals surface area contributed by atoms with Gasteiger partial charge in [0.2, 0.25) is 5.91 Å². The van der Waals surface area contributed by atoms with Crippen molar-refractivity contribution in [3.05, 3.63) is 23.2 Å². The Morgan fingerprint density at radius 1 is 1.46 bits per heavy atom. The number of hydrogen-bond acceptors (Lipinski definition) is 5. The highest BCUT2D eigenvalue weighted by Gasteiger charge is 2.24. The fraction of sp³-hybridized carbons (Fsp3) is 0.579. The molecule has 1 aromatic rings. The van der Waals surface area contributed by atoms with Crippen LogP contribution in [0, 0.1) is 5.92 Å². The van der Waals surface area contributed by atoms with E-state index in [4.69, 9.17) is 16.3 Å². The summed E-state index contributed by atoms with van der Waals surface area (Å²) in [5.41, 5.74) is 0.831. The first kappa shape index (κ1) is 21.2. The van der Waals surface area contributed by atoms with Crippen LogP contribution in [0.15, 0.2) is 28.1 Å². The number of nitrogens with zero attached hydrogens (tertiary/aromatic N) is 1. The normalized spacial score (nSPS) is 16.2. The van der Waals surface area contributed by atoms with E-state index in [0.717, 1.165) is 55.4 Å². The quantitative estimate of drug-likeness (QED) is 0.359. The van der Waals surface area contributed by atoms with Crippen LogP contribution in [0.2, 0.25) is 5.02 Å². The number of ether oxygens (including phenoxy) is 1. The van der Waals surface area contributed by atoms with E-state index >= 15 is 0 Å². The van der Waals surface area contributed by atoms with Crippen LogP contribution in [-0.4, -0.2) is 51.2 Å². The van der Waals surface area contributed by atoms with Gasteiger partial charge in [0.15, 0.2) is 0 Å². The van der Waals surface area contributed by atoms with Gasteiger partial charge < -0.3 is 15.4 Å². The van der Waals surface area contributed by atoms with Gasteiger partial charge in [0.05, 0.1) is 5.69 Å². The molecule has 144 valence electrons. The van der Waals surface area contributed by atoms with E-state index in [9.17, 15) is 4.79 Å². The van der Waals surface area contributed by atoms with Gasteiger partial charge in [-0.1, -0.05) is 11.6 Å². The van der Waals surface area contributed by atoms with Crippen LogP contribution in [0.5, 0.6) is 0 Å². The number of carbonyl (C=O) groups is 1. The Kier molecular flexibility index (Phi) is 9.46. The van der Waals surface area contributed by atoms with E-state index in [1.807, 2.05) is 19.2 Å². The van der Waals surface area contributed by atoms with Crippen molar-refractivity contribution in [1.29, 1.82) is 0 Å². The molecule has 0 saturated carbocycles. The molecule has 0 radical (unpaired) electrons. The zero-order chi connectivity index (χ0) is 18.8. The molecule has 1 amide bonds. The maximum Gasteiger partial charge on any atom is 0.220 e. The van der Waals surface area contributed by atoms with Gasteiger partial charge in [-0.05, 0) is 62.9 Å². The predicted molar refractivity (Wildman–Crippen MR) is 110 cm³/mol. The molecule has 1 aliphatic rings. The van der Waals surface area contributed by atoms with Crippen LogP contribution < -0.4 is 10.6 Å². The number of nitrogens with one attached hydrogen (secondary N) is 2. The van der Waals surface area contributed by atoms with Crippen molar-refractivity contribution < 1.29 is 9.53 Å². The molecule has 1 atom stereocenters. The molecule has 1 aliphatic heterocycles. The summed E-state index contributed by atoms with van der Waals surface area (Å²) < 4.78 is 5.42. The standard InChI is InChI=1S/C19H28ClN3O2S/c1-21-13-17(14-7-9-25-10-8-14)23-19(24)4-3-11-26-18-12-15(20)5-6-16(18)22-2/h5-6,12,14,17,21H,2-4,7-11,13H2,1H3,(H,23,24). The highest BCUT2D eigenvalue weighted by molar-refractivity contribution is 7.99. The Balaban J connectivity index is 1.75. The number of rotatable bonds is 10. The average molecular weight is 398 g/mol. The highest BCUT2D eigenvalue weighted by atomic mass is 35.5. The Morgan fingerprint density at radius 2 is 2.23 bits per heavy atom. The minimum absolute atomic E-state index is 0.116. The van der Waals surface area contributed by atoms with Crippen LogP contribution in [0.4, 0.5) is 5.69 Å². The van der Waals surface area contributed by atoms with Crippen LogP contribution in [0.25, 0.3) is 0 Å². The second-order valence-corrected chi connectivity index (χ2v) is 7.98. The van der Waals surface area contributed by atoms with Gasteiger partial charge in [-0.2, -0.15) is 0 Å². The van der Waals surface area contributed by atoms with Crippen LogP contribution >= 0.6 is 23.4 Å². The Labute approximate surface area is 165 Å². The number of hydrogen-bond donors (Lipinski definition) is 2. The van der Waals surface area contributed by atoms with E-state index in [0.29, 0.717) is 17.4 Å². The first-order chi connectivity index (χ1) is 12.6. The maximum atomic E-state index is 12.3. The van der Waals surface area contributed by atoms with Gasteiger partial charge in [-0.25, -0.2) is 0 Å². The molecule has 0 bridgehead atoms. The van der Waals surface area contributed by atoms with Crippen molar-refractivity contribution in [1.82, 2.24) is 10.6 Å². The molecule has 1 unspecified atom stereocenters. The Morgan fingerprint density at radius 3 is 2.92 bits per heavy atom. The topological polar surface area (TPSA) is 62.7 Å². The molecular formula is C19H28ClN3O2S. The van der Waals surface area contributed by atoms with Crippen LogP contribution in [-0.2, 0) is 9.53 Å². The van der Waals surface area contributed by atoms with E-state index in [2.05, 4.69) is 22.3 Å². The first-order valence-corrected chi connectivity index (χ1v) is 10.4. The third-order valence-corrected chi connectivity index (χ3v) is 5.87. The van der Waals surface area contributed by atoms with Crippen LogP contribution in [0.3, 0.4) is 0 Å². The van der Waals surface area contributed by atoms with E-state index in [-0.39, 0.29) is 11.9 Å². The predicted octanol–water partition coefficient (Wildman–Crippen LogP) is 3.68. The number of likely N-dealkylation sites (N-methyl/N-ethyl adjacent to an activating group) is 1. The van der Waals surface area contributed by atoms with Gasteiger partial charge in [-0.15, -0.1) is 11.8 Å². The molecule has 0 spiro atoms. The largest absolute Gasteiger partial charge is 0.381 e. The summed E-state index contributed by atoms with van der Waals surface area (Å²) in [6.07, 6.45) is 3.34. The first-order valence-electron chi connectivity index (χ1n) is 9.04. The van der Waals surface area contributed by atoms with Crippen molar-refractivity contribution in [2.24, 2.45) is 10.9 Å². The number of carbonyl (C=O) groups excluding carboxylic acids is 1. The monoisotopic (exact) mass is 397 g/mol. The molecule has 0 aromatic heterocycles. The lowest BCUT2D eigenvalue weighted by atomic mass is 9.91. The molecule has 2 rings (SSSR count). The van der Waals surface area contributed by atoms with Gasteiger partial charge in [0.1, 0.15) is 0 Å². The highest BCUT2D eigenvalue weighted by Crippen LogP contribution is 2.32. The van der Waals surface area contributed by atoms with Crippen molar-refractivity contribution >= 4 is 41.7 Å². The molecule has 1 fully saturated rings. The SMILES string of the molecule is C=Nc1ccc(Cl)cc1SCCCC(=O)NC(CNC)C1CCOCC1. The Bertz CT molecular complexity index is 594. The van der Waals surface area contributed by atoms with Gasteiger partial charge in [0.25, 0.3) is 0 Å².